The van der Waals surface area contributed by atoms with E-state index in [2.05, 4.69) is 4.98 Å². The lowest BCUT2D eigenvalue weighted by Gasteiger charge is -2.13. The van der Waals surface area contributed by atoms with E-state index in [1.165, 1.54) is 16.8 Å². The van der Waals surface area contributed by atoms with Gasteiger partial charge in [-0.05, 0) is 11.6 Å². The van der Waals surface area contributed by atoms with Gasteiger partial charge in [-0.3, -0.25) is 4.57 Å². The van der Waals surface area contributed by atoms with Gasteiger partial charge in [-0.15, -0.1) is 0 Å². The van der Waals surface area contributed by atoms with Crippen LogP contribution in [0, 0.1) is 0 Å². The number of anilines is 1. The molecule has 1 fully saturated rings. The maximum atomic E-state index is 11.7. The normalized spacial score (nSPS) is 21.5. The van der Waals surface area contributed by atoms with Crippen molar-refractivity contribution in [2.75, 3.05) is 12.3 Å². The van der Waals surface area contributed by atoms with Gasteiger partial charge in [0.2, 0.25) is 0 Å². The lowest BCUT2D eigenvalue weighted by Crippen LogP contribution is -2.28. The molecule has 110 valence electrons. The highest BCUT2D eigenvalue weighted by atomic mass is 16.9. The van der Waals surface area contributed by atoms with Crippen LogP contribution in [0.1, 0.15) is 11.8 Å². The molecule has 1 aliphatic rings. The van der Waals surface area contributed by atoms with Crippen molar-refractivity contribution in [3.8, 4) is 0 Å². The van der Waals surface area contributed by atoms with E-state index in [0.29, 0.717) is 6.61 Å². The monoisotopic (exact) mass is 289 g/mol. The highest BCUT2D eigenvalue weighted by molar-refractivity contribution is 5.23. The third-order valence-electron chi connectivity index (χ3n) is 3.03. The molecule has 1 aromatic heterocycles. The topological polar surface area (TPSA) is 88.6 Å². The van der Waals surface area contributed by atoms with Crippen molar-refractivity contribution in [3.05, 3.63) is 58.6 Å². The van der Waals surface area contributed by atoms with Gasteiger partial charge in [0.1, 0.15) is 5.82 Å². The summed E-state index contributed by atoms with van der Waals surface area (Å²) in [6.07, 6.45) is 0.963. The second-order valence-electron chi connectivity index (χ2n) is 4.55. The number of ether oxygens (including phenoxy) is 3. The summed E-state index contributed by atoms with van der Waals surface area (Å²) in [6.45, 7) is -0.224. The molecule has 1 aromatic carbocycles. The number of aromatic nitrogens is 2. The number of nitrogens with two attached hydrogens (primary N) is 1. The fraction of sp³-hybridized carbons (Fsp3) is 0.286. The van der Waals surface area contributed by atoms with Crippen molar-refractivity contribution in [1.29, 1.82) is 0 Å². The van der Waals surface area contributed by atoms with Crippen LogP contribution in [0.2, 0.25) is 0 Å². The van der Waals surface area contributed by atoms with Crippen molar-refractivity contribution in [1.82, 2.24) is 9.55 Å². The fourth-order valence-corrected chi connectivity index (χ4v) is 1.98. The quantitative estimate of drug-likeness (QED) is 0.898. The van der Waals surface area contributed by atoms with E-state index in [4.69, 9.17) is 19.9 Å². The van der Waals surface area contributed by atoms with Crippen molar-refractivity contribution in [2.45, 2.75) is 19.3 Å². The van der Waals surface area contributed by atoms with Crippen LogP contribution in [0.5, 0.6) is 0 Å². The summed E-state index contributed by atoms with van der Waals surface area (Å²) in [6, 6.07) is 11.2. The fourth-order valence-electron chi connectivity index (χ4n) is 1.98. The van der Waals surface area contributed by atoms with Gasteiger partial charge in [-0.1, -0.05) is 30.3 Å². The zero-order valence-corrected chi connectivity index (χ0v) is 11.2. The first-order chi connectivity index (χ1) is 10.2. The number of nitrogen functional groups attached to an aromatic ring is 1. The zero-order chi connectivity index (χ0) is 14.7. The number of hydrogen-bond acceptors (Lipinski definition) is 6. The van der Waals surface area contributed by atoms with Gasteiger partial charge in [-0.2, -0.15) is 4.98 Å². The van der Waals surface area contributed by atoms with E-state index in [1.807, 2.05) is 30.3 Å². The highest BCUT2D eigenvalue weighted by Gasteiger charge is 2.28. The predicted octanol–water partition coefficient (Wildman–Crippen LogP) is 0.871. The maximum Gasteiger partial charge on any atom is 0.351 e. The Morgan fingerprint density at radius 1 is 1.33 bits per heavy atom. The molecule has 1 saturated heterocycles. The van der Waals surface area contributed by atoms with Gasteiger partial charge in [0.15, 0.2) is 6.23 Å². The summed E-state index contributed by atoms with van der Waals surface area (Å²) in [4.78, 5) is 15.4. The molecule has 0 spiro atoms. The Morgan fingerprint density at radius 2 is 2.14 bits per heavy atom. The SMILES string of the molecule is Nc1ccn(C2COC(OCc3ccccc3)O2)c(=O)n1. The Morgan fingerprint density at radius 3 is 2.90 bits per heavy atom. The van der Waals surface area contributed by atoms with Crippen LogP contribution < -0.4 is 11.4 Å². The van der Waals surface area contributed by atoms with E-state index in [0.717, 1.165) is 5.56 Å². The van der Waals surface area contributed by atoms with Crippen LogP contribution in [0.3, 0.4) is 0 Å². The van der Waals surface area contributed by atoms with Crippen LogP contribution in [-0.2, 0) is 20.8 Å². The summed E-state index contributed by atoms with van der Waals surface area (Å²) in [7, 11) is 0. The Balaban J connectivity index is 1.59. The summed E-state index contributed by atoms with van der Waals surface area (Å²) in [5.74, 6) is 0.173. The van der Waals surface area contributed by atoms with Crippen LogP contribution in [0.25, 0.3) is 0 Å². The Bertz CT molecular complexity index is 659. The third-order valence-corrected chi connectivity index (χ3v) is 3.03. The summed E-state index contributed by atoms with van der Waals surface area (Å²) < 4.78 is 17.7. The predicted molar refractivity (Wildman–Crippen MR) is 74.0 cm³/mol. The lowest BCUT2D eigenvalue weighted by molar-refractivity contribution is -0.248. The molecule has 2 aromatic rings. The molecule has 21 heavy (non-hydrogen) atoms. The Kier molecular flexibility index (Phi) is 3.96. The number of benzene rings is 1. The molecule has 0 amide bonds. The minimum Gasteiger partial charge on any atom is -0.383 e. The van der Waals surface area contributed by atoms with Gasteiger partial charge in [-0.25, -0.2) is 4.79 Å². The van der Waals surface area contributed by atoms with Crippen molar-refractivity contribution in [3.63, 3.8) is 0 Å². The van der Waals surface area contributed by atoms with Crippen LogP contribution in [-0.4, -0.2) is 22.6 Å². The third kappa shape index (κ3) is 3.27. The molecular weight excluding hydrogens is 274 g/mol. The van der Waals surface area contributed by atoms with Gasteiger partial charge >= 0.3 is 5.69 Å². The van der Waals surface area contributed by atoms with Crippen molar-refractivity contribution >= 4 is 5.82 Å². The largest absolute Gasteiger partial charge is 0.383 e. The van der Waals surface area contributed by atoms with E-state index in [-0.39, 0.29) is 12.4 Å². The van der Waals surface area contributed by atoms with Crippen LogP contribution in [0.4, 0.5) is 5.82 Å². The number of nitrogens with zero attached hydrogens (tertiary/aromatic N) is 2. The molecule has 2 N–H and O–H groups in total. The second kappa shape index (κ2) is 6.04. The first-order valence-electron chi connectivity index (χ1n) is 6.49. The molecule has 2 heterocycles. The molecule has 7 nitrogen and oxygen atoms in total. The van der Waals surface area contributed by atoms with E-state index < -0.39 is 18.4 Å². The molecule has 0 saturated carbocycles. The standard InChI is InChI=1S/C14H15N3O4/c15-11-6-7-17(13(18)16-11)12-9-20-14(21-12)19-8-10-4-2-1-3-5-10/h1-7,12,14H,8-9H2,(H2,15,16,18). The van der Waals surface area contributed by atoms with Gasteiger partial charge in [0.25, 0.3) is 6.48 Å². The molecular formula is C14H15N3O4. The average molecular weight is 289 g/mol. The Hall–Kier alpha value is -2.22. The van der Waals surface area contributed by atoms with Crippen LogP contribution >= 0.6 is 0 Å². The maximum absolute atomic E-state index is 11.7. The molecule has 2 atom stereocenters. The molecule has 1 aliphatic heterocycles. The van der Waals surface area contributed by atoms with E-state index in [9.17, 15) is 4.79 Å². The smallest absolute Gasteiger partial charge is 0.351 e. The molecule has 7 heteroatoms. The van der Waals surface area contributed by atoms with E-state index >= 15 is 0 Å². The van der Waals surface area contributed by atoms with Crippen molar-refractivity contribution < 1.29 is 14.2 Å². The summed E-state index contributed by atoms with van der Waals surface area (Å²) in [5, 5.41) is 0. The highest BCUT2D eigenvalue weighted by Crippen LogP contribution is 2.21. The summed E-state index contributed by atoms with van der Waals surface area (Å²) in [5.41, 5.74) is 5.98. The van der Waals surface area contributed by atoms with Crippen molar-refractivity contribution in [2.24, 2.45) is 0 Å². The van der Waals surface area contributed by atoms with Crippen LogP contribution in [0.15, 0.2) is 47.4 Å². The molecule has 3 rings (SSSR count). The first kappa shape index (κ1) is 13.7. The number of rotatable bonds is 4. The Labute approximate surface area is 120 Å². The van der Waals surface area contributed by atoms with Gasteiger partial charge in [0.05, 0.1) is 13.2 Å². The zero-order valence-electron chi connectivity index (χ0n) is 11.2. The summed E-state index contributed by atoms with van der Waals surface area (Å²) >= 11 is 0. The van der Waals surface area contributed by atoms with E-state index in [1.54, 1.807) is 0 Å². The first-order valence-corrected chi connectivity index (χ1v) is 6.49. The minimum atomic E-state index is -0.806. The average Bonchev–Trinajstić information content (AvgIpc) is 2.95. The molecule has 0 bridgehead atoms. The molecule has 0 aliphatic carbocycles. The van der Waals surface area contributed by atoms with Gasteiger partial charge < -0.3 is 19.9 Å². The molecule has 0 radical (unpaired) electrons. The lowest BCUT2D eigenvalue weighted by atomic mass is 10.2. The molecule has 2 unspecified atom stereocenters. The minimum absolute atomic E-state index is 0.173. The van der Waals surface area contributed by atoms with Gasteiger partial charge in [0, 0.05) is 6.20 Å². The number of hydrogen-bond donors (Lipinski definition) is 1. The second-order valence-corrected chi connectivity index (χ2v) is 4.55.